The number of esters is 2. The average molecular weight is 419 g/mol. The van der Waals surface area contributed by atoms with Gasteiger partial charge in [0.05, 0.1) is 24.3 Å². The third-order valence-electron chi connectivity index (χ3n) is 5.27. The van der Waals surface area contributed by atoms with E-state index in [2.05, 4.69) is 20.8 Å². The second-order valence-electron chi connectivity index (χ2n) is 8.57. The largest absolute Gasteiger partial charge is 0.462 e. The number of carbonyl (C=O) groups is 2. The molecule has 0 atom stereocenters. The number of carbonyl (C=O) groups excluding carboxylic acids is 2. The van der Waals surface area contributed by atoms with Crippen molar-refractivity contribution in [2.24, 2.45) is 5.92 Å². The van der Waals surface area contributed by atoms with Gasteiger partial charge in [0.25, 0.3) is 0 Å². The van der Waals surface area contributed by atoms with Crippen molar-refractivity contribution < 1.29 is 19.1 Å². The molecule has 1 aromatic rings. The highest BCUT2D eigenvalue weighted by Crippen LogP contribution is 2.12. The summed E-state index contributed by atoms with van der Waals surface area (Å²) < 4.78 is 10.6. The molecule has 1 aromatic carbocycles. The van der Waals surface area contributed by atoms with E-state index in [4.69, 9.17) is 9.47 Å². The van der Waals surface area contributed by atoms with Gasteiger partial charge < -0.3 is 9.47 Å². The van der Waals surface area contributed by atoms with E-state index >= 15 is 0 Å². The van der Waals surface area contributed by atoms with Crippen molar-refractivity contribution in [3.8, 4) is 0 Å². The van der Waals surface area contributed by atoms with Crippen molar-refractivity contribution in [1.29, 1.82) is 0 Å². The van der Waals surface area contributed by atoms with Crippen molar-refractivity contribution in [3.05, 3.63) is 35.4 Å². The van der Waals surface area contributed by atoms with Crippen LogP contribution in [0.4, 0.5) is 0 Å². The van der Waals surface area contributed by atoms with Gasteiger partial charge in [-0.25, -0.2) is 9.59 Å². The molecule has 0 aliphatic heterocycles. The highest BCUT2D eigenvalue weighted by Gasteiger charge is 2.11. The second kappa shape index (κ2) is 16.9. The fourth-order valence-corrected chi connectivity index (χ4v) is 3.23. The summed E-state index contributed by atoms with van der Waals surface area (Å²) in [6, 6.07) is 6.50. The second-order valence-corrected chi connectivity index (χ2v) is 8.57. The van der Waals surface area contributed by atoms with Crippen molar-refractivity contribution >= 4 is 11.9 Å². The summed E-state index contributed by atoms with van der Waals surface area (Å²) in [5, 5.41) is 0. The van der Waals surface area contributed by atoms with Crippen LogP contribution in [0.5, 0.6) is 0 Å². The minimum absolute atomic E-state index is 0.332. The van der Waals surface area contributed by atoms with Gasteiger partial charge in [0, 0.05) is 0 Å². The molecular weight excluding hydrogens is 376 g/mol. The van der Waals surface area contributed by atoms with Gasteiger partial charge >= 0.3 is 11.9 Å². The first kappa shape index (κ1) is 26.2. The summed E-state index contributed by atoms with van der Waals surface area (Å²) in [6.07, 6.45) is 14.8. The van der Waals surface area contributed by atoms with Crippen LogP contribution in [0, 0.1) is 5.92 Å². The quantitative estimate of drug-likeness (QED) is 0.196. The summed E-state index contributed by atoms with van der Waals surface area (Å²) in [6.45, 7) is 7.30. The van der Waals surface area contributed by atoms with Gasteiger partial charge in [0.1, 0.15) is 0 Å². The lowest BCUT2D eigenvalue weighted by Crippen LogP contribution is -2.10. The van der Waals surface area contributed by atoms with Crippen molar-refractivity contribution in [2.45, 2.75) is 97.8 Å². The van der Waals surface area contributed by atoms with E-state index in [9.17, 15) is 9.59 Å². The Labute approximate surface area is 183 Å². The van der Waals surface area contributed by atoms with Crippen LogP contribution >= 0.6 is 0 Å². The molecule has 0 saturated heterocycles. The van der Waals surface area contributed by atoms with Crippen LogP contribution in [0.25, 0.3) is 0 Å². The molecule has 0 aliphatic carbocycles. The number of hydrogen-bond donors (Lipinski definition) is 0. The zero-order valence-electron chi connectivity index (χ0n) is 19.4. The van der Waals surface area contributed by atoms with Crippen LogP contribution in [-0.2, 0) is 9.47 Å². The monoisotopic (exact) mass is 418 g/mol. The smallest absolute Gasteiger partial charge is 0.338 e. The van der Waals surface area contributed by atoms with E-state index in [-0.39, 0.29) is 11.9 Å². The Hall–Kier alpha value is -1.84. The van der Waals surface area contributed by atoms with Gasteiger partial charge in [-0.05, 0) is 43.0 Å². The van der Waals surface area contributed by atoms with Crippen LogP contribution in [0.2, 0.25) is 0 Å². The van der Waals surface area contributed by atoms with Gasteiger partial charge in [-0.15, -0.1) is 0 Å². The molecule has 1 rings (SSSR count). The first-order valence-electron chi connectivity index (χ1n) is 12.0. The topological polar surface area (TPSA) is 52.6 Å². The molecule has 0 aliphatic rings. The molecule has 4 nitrogen and oxygen atoms in total. The molecular formula is C26H42O4. The summed E-state index contributed by atoms with van der Waals surface area (Å²) in [4.78, 5) is 24.1. The van der Waals surface area contributed by atoms with E-state index in [1.165, 1.54) is 57.8 Å². The summed E-state index contributed by atoms with van der Waals surface area (Å²) in [5.74, 6) is -0.186. The number of benzene rings is 1. The molecule has 0 radical (unpaired) electrons. The summed E-state index contributed by atoms with van der Waals surface area (Å²) in [7, 11) is 0. The minimum atomic E-state index is -0.350. The standard InChI is InChI=1S/C26H42O4/c1-4-5-6-7-8-9-10-11-12-13-14-20-29-25(27)23-15-17-24(18-16-23)26(28)30-21-19-22(2)3/h15-18,22H,4-14,19-21H2,1-3H3. The van der Waals surface area contributed by atoms with Gasteiger partial charge in [-0.3, -0.25) is 0 Å². The number of unbranched alkanes of at least 4 members (excludes halogenated alkanes) is 10. The third-order valence-corrected chi connectivity index (χ3v) is 5.27. The molecule has 0 aromatic heterocycles. The Morgan fingerprint density at radius 2 is 1.07 bits per heavy atom. The highest BCUT2D eigenvalue weighted by molar-refractivity contribution is 5.93. The maximum absolute atomic E-state index is 12.1. The zero-order chi connectivity index (χ0) is 22.0. The summed E-state index contributed by atoms with van der Waals surface area (Å²) >= 11 is 0. The third kappa shape index (κ3) is 12.7. The predicted octanol–water partition coefficient (Wildman–Crippen LogP) is 7.36. The lowest BCUT2D eigenvalue weighted by atomic mass is 10.1. The first-order chi connectivity index (χ1) is 14.5. The van der Waals surface area contributed by atoms with Crippen LogP contribution < -0.4 is 0 Å². The molecule has 30 heavy (non-hydrogen) atoms. The Kier molecular flexibility index (Phi) is 14.8. The fraction of sp³-hybridized carbons (Fsp3) is 0.692. The molecule has 170 valence electrons. The van der Waals surface area contributed by atoms with E-state index in [1.807, 2.05) is 0 Å². The SMILES string of the molecule is CCCCCCCCCCCCCOC(=O)c1ccc(C(=O)OCCC(C)C)cc1. The number of hydrogen-bond acceptors (Lipinski definition) is 4. The van der Waals surface area contributed by atoms with Crippen molar-refractivity contribution in [2.75, 3.05) is 13.2 Å². The predicted molar refractivity (Wildman–Crippen MR) is 123 cm³/mol. The minimum Gasteiger partial charge on any atom is -0.462 e. The first-order valence-corrected chi connectivity index (χ1v) is 12.0. The summed E-state index contributed by atoms with van der Waals surface area (Å²) in [5.41, 5.74) is 0.928. The van der Waals surface area contributed by atoms with Gasteiger partial charge in [0.2, 0.25) is 0 Å². The Bertz CT molecular complexity index is 577. The Morgan fingerprint density at radius 1 is 0.667 bits per heavy atom. The van der Waals surface area contributed by atoms with Gasteiger partial charge in [0.15, 0.2) is 0 Å². The molecule has 0 bridgehead atoms. The number of rotatable bonds is 17. The lowest BCUT2D eigenvalue weighted by Gasteiger charge is -2.08. The van der Waals surface area contributed by atoms with E-state index < -0.39 is 0 Å². The Balaban J connectivity index is 2.09. The van der Waals surface area contributed by atoms with Crippen LogP contribution in [0.1, 0.15) is 119 Å². The molecule has 0 heterocycles. The lowest BCUT2D eigenvalue weighted by molar-refractivity contribution is 0.0477. The fourth-order valence-electron chi connectivity index (χ4n) is 3.23. The van der Waals surface area contributed by atoms with Crippen LogP contribution in [-0.4, -0.2) is 25.2 Å². The normalized spacial score (nSPS) is 10.9. The van der Waals surface area contributed by atoms with Gasteiger partial charge in [-0.2, -0.15) is 0 Å². The van der Waals surface area contributed by atoms with E-state index in [1.54, 1.807) is 24.3 Å². The molecule has 0 amide bonds. The van der Waals surface area contributed by atoms with Crippen LogP contribution in [0.3, 0.4) is 0 Å². The molecule has 0 spiro atoms. The number of ether oxygens (including phenoxy) is 2. The molecule has 0 fully saturated rings. The molecule has 4 heteroatoms. The molecule has 0 unspecified atom stereocenters. The maximum Gasteiger partial charge on any atom is 0.338 e. The maximum atomic E-state index is 12.1. The van der Waals surface area contributed by atoms with E-state index in [0.717, 1.165) is 19.3 Å². The van der Waals surface area contributed by atoms with Crippen molar-refractivity contribution in [1.82, 2.24) is 0 Å². The highest BCUT2D eigenvalue weighted by atomic mass is 16.5. The molecule has 0 saturated carbocycles. The zero-order valence-corrected chi connectivity index (χ0v) is 19.4. The van der Waals surface area contributed by atoms with Crippen LogP contribution in [0.15, 0.2) is 24.3 Å². The Morgan fingerprint density at radius 3 is 1.50 bits per heavy atom. The van der Waals surface area contributed by atoms with E-state index in [0.29, 0.717) is 30.3 Å². The average Bonchev–Trinajstić information content (AvgIpc) is 2.74. The molecule has 0 N–H and O–H groups in total. The van der Waals surface area contributed by atoms with Gasteiger partial charge in [-0.1, -0.05) is 85.0 Å². The van der Waals surface area contributed by atoms with Crippen molar-refractivity contribution in [3.63, 3.8) is 0 Å².